The molecule has 1 aromatic rings. The van der Waals surface area contributed by atoms with E-state index in [1.807, 2.05) is 13.1 Å². The highest BCUT2D eigenvalue weighted by atomic mass is 19.1. The third-order valence-corrected chi connectivity index (χ3v) is 3.94. The minimum atomic E-state index is -0.179. The summed E-state index contributed by atoms with van der Waals surface area (Å²) in [7, 11) is 3.66. The van der Waals surface area contributed by atoms with Gasteiger partial charge in [-0.3, -0.25) is 0 Å². The van der Waals surface area contributed by atoms with Crippen molar-refractivity contribution < 1.29 is 9.13 Å². The van der Waals surface area contributed by atoms with E-state index in [-0.39, 0.29) is 18.0 Å². The first-order valence-corrected chi connectivity index (χ1v) is 6.90. The lowest BCUT2D eigenvalue weighted by atomic mass is 10.0. The van der Waals surface area contributed by atoms with E-state index in [2.05, 4.69) is 17.1 Å². The lowest BCUT2D eigenvalue weighted by Crippen LogP contribution is -2.40. The van der Waals surface area contributed by atoms with E-state index in [0.717, 1.165) is 37.2 Å². The summed E-state index contributed by atoms with van der Waals surface area (Å²) < 4.78 is 18.9. The molecule has 0 saturated carbocycles. The Labute approximate surface area is 114 Å². The molecular formula is C15H23FN2O. The molecule has 0 radical (unpaired) electrons. The number of ether oxygens (including phenoxy) is 1. The summed E-state index contributed by atoms with van der Waals surface area (Å²) >= 11 is 0. The van der Waals surface area contributed by atoms with Crippen molar-refractivity contribution >= 4 is 5.69 Å². The van der Waals surface area contributed by atoms with Gasteiger partial charge in [-0.25, -0.2) is 4.39 Å². The third-order valence-electron chi connectivity index (χ3n) is 3.94. The molecule has 0 aromatic heterocycles. The summed E-state index contributed by atoms with van der Waals surface area (Å²) in [4.78, 5) is 2.31. The van der Waals surface area contributed by atoms with Crippen molar-refractivity contribution in [3.8, 4) is 0 Å². The Morgan fingerprint density at radius 3 is 2.95 bits per heavy atom. The normalized spacial score (nSPS) is 21.5. The predicted molar refractivity (Wildman–Crippen MR) is 76.1 cm³/mol. The maximum Gasteiger partial charge on any atom is 0.123 e. The van der Waals surface area contributed by atoms with E-state index in [1.54, 1.807) is 13.2 Å². The number of benzene rings is 1. The lowest BCUT2D eigenvalue weighted by molar-refractivity contribution is 0.0893. The van der Waals surface area contributed by atoms with Crippen LogP contribution < -0.4 is 10.2 Å². The van der Waals surface area contributed by atoms with Crippen molar-refractivity contribution in [1.82, 2.24) is 5.32 Å². The van der Waals surface area contributed by atoms with Crippen molar-refractivity contribution in [3.05, 3.63) is 29.6 Å². The van der Waals surface area contributed by atoms with Gasteiger partial charge in [0, 0.05) is 31.9 Å². The Hall–Kier alpha value is -1.13. The molecule has 1 heterocycles. The molecule has 0 spiro atoms. The Bertz CT molecular complexity index is 425. The largest absolute Gasteiger partial charge is 0.380 e. The molecule has 2 atom stereocenters. The van der Waals surface area contributed by atoms with Crippen LogP contribution in [0.15, 0.2) is 18.2 Å². The Morgan fingerprint density at radius 2 is 2.26 bits per heavy atom. The molecule has 1 aliphatic heterocycles. The molecule has 3 nitrogen and oxygen atoms in total. The summed E-state index contributed by atoms with van der Waals surface area (Å²) in [5.74, 6) is -0.179. The van der Waals surface area contributed by atoms with Gasteiger partial charge in [-0.05, 0) is 50.6 Å². The molecule has 0 bridgehead atoms. The van der Waals surface area contributed by atoms with Gasteiger partial charge in [0.05, 0.1) is 6.10 Å². The van der Waals surface area contributed by atoms with Gasteiger partial charge in [0.2, 0.25) is 0 Å². The van der Waals surface area contributed by atoms with Crippen LogP contribution in [0.4, 0.5) is 10.1 Å². The minimum Gasteiger partial charge on any atom is -0.380 e. The molecule has 1 saturated heterocycles. The van der Waals surface area contributed by atoms with Crippen molar-refractivity contribution in [2.45, 2.75) is 31.9 Å². The van der Waals surface area contributed by atoms with Crippen LogP contribution >= 0.6 is 0 Å². The first kappa shape index (κ1) is 14.3. The summed E-state index contributed by atoms with van der Waals surface area (Å²) in [6.07, 6.45) is 2.49. The van der Waals surface area contributed by atoms with E-state index < -0.39 is 0 Å². The van der Waals surface area contributed by atoms with Crippen LogP contribution in [0.3, 0.4) is 0 Å². The predicted octanol–water partition coefficient (Wildman–Crippen LogP) is 2.72. The molecule has 1 aromatic carbocycles. The van der Waals surface area contributed by atoms with Gasteiger partial charge in [-0.15, -0.1) is 0 Å². The van der Waals surface area contributed by atoms with Crippen LogP contribution in [0.2, 0.25) is 0 Å². The minimum absolute atomic E-state index is 0.133. The van der Waals surface area contributed by atoms with Gasteiger partial charge in [0.1, 0.15) is 5.82 Å². The first-order chi connectivity index (χ1) is 9.15. The number of methoxy groups -OCH3 is 1. The summed E-state index contributed by atoms with van der Waals surface area (Å²) in [6.45, 7) is 3.94. The number of nitrogens with zero attached hydrogens (tertiary/aromatic N) is 1. The maximum atomic E-state index is 13.5. The van der Waals surface area contributed by atoms with E-state index in [4.69, 9.17) is 4.74 Å². The number of piperidine rings is 1. The summed E-state index contributed by atoms with van der Waals surface area (Å²) in [5, 5.41) is 3.19. The number of hydrogen-bond acceptors (Lipinski definition) is 3. The van der Waals surface area contributed by atoms with E-state index in [1.165, 1.54) is 6.07 Å². The van der Waals surface area contributed by atoms with Crippen molar-refractivity contribution in [2.75, 3.05) is 32.1 Å². The summed E-state index contributed by atoms with van der Waals surface area (Å²) in [5.41, 5.74) is 2.13. The topological polar surface area (TPSA) is 24.5 Å². The van der Waals surface area contributed by atoms with Crippen LogP contribution in [-0.4, -0.2) is 33.4 Å². The van der Waals surface area contributed by atoms with Gasteiger partial charge >= 0.3 is 0 Å². The quantitative estimate of drug-likeness (QED) is 0.907. The van der Waals surface area contributed by atoms with Crippen LogP contribution in [0.25, 0.3) is 0 Å². The molecule has 1 fully saturated rings. The zero-order valence-electron chi connectivity index (χ0n) is 11.9. The number of hydrogen-bond donors (Lipinski definition) is 1. The van der Waals surface area contributed by atoms with Gasteiger partial charge in [0.25, 0.3) is 0 Å². The molecule has 2 rings (SSSR count). The van der Waals surface area contributed by atoms with Gasteiger partial charge in [0.15, 0.2) is 0 Å². The van der Waals surface area contributed by atoms with Crippen LogP contribution in [0.5, 0.6) is 0 Å². The fourth-order valence-electron chi connectivity index (χ4n) is 2.67. The molecule has 19 heavy (non-hydrogen) atoms. The van der Waals surface area contributed by atoms with E-state index in [0.29, 0.717) is 0 Å². The number of anilines is 1. The van der Waals surface area contributed by atoms with Crippen molar-refractivity contribution in [2.24, 2.45) is 0 Å². The molecular weight excluding hydrogens is 243 g/mol. The zero-order chi connectivity index (χ0) is 13.8. The van der Waals surface area contributed by atoms with Crippen LogP contribution in [0.1, 0.15) is 31.4 Å². The highest BCUT2D eigenvalue weighted by Crippen LogP contribution is 2.29. The van der Waals surface area contributed by atoms with Crippen LogP contribution in [-0.2, 0) is 4.74 Å². The number of nitrogens with one attached hydrogen (secondary N) is 1. The van der Waals surface area contributed by atoms with Crippen molar-refractivity contribution in [3.63, 3.8) is 0 Å². The Balaban J connectivity index is 2.27. The fraction of sp³-hybridized carbons (Fsp3) is 0.600. The molecule has 0 aliphatic carbocycles. The first-order valence-electron chi connectivity index (χ1n) is 6.90. The summed E-state index contributed by atoms with van der Waals surface area (Å²) in [6, 6.07) is 5.19. The van der Waals surface area contributed by atoms with E-state index >= 15 is 0 Å². The molecule has 4 heteroatoms. The van der Waals surface area contributed by atoms with E-state index in [9.17, 15) is 4.39 Å². The second-order valence-electron chi connectivity index (χ2n) is 5.16. The molecule has 1 N–H and O–H groups in total. The SMILES string of the molecule is CNC(C)c1cc(F)ccc1N1CCCC(OC)C1. The van der Waals surface area contributed by atoms with Gasteiger partial charge < -0.3 is 15.0 Å². The molecule has 2 unspecified atom stereocenters. The van der Waals surface area contributed by atoms with Gasteiger partial charge in [-0.2, -0.15) is 0 Å². The van der Waals surface area contributed by atoms with Gasteiger partial charge in [-0.1, -0.05) is 0 Å². The van der Waals surface area contributed by atoms with Crippen molar-refractivity contribution in [1.29, 1.82) is 0 Å². The Kier molecular flexibility index (Phi) is 4.77. The molecule has 106 valence electrons. The molecule has 1 aliphatic rings. The second kappa shape index (κ2) is 6.35. The highest BCUT2D eigenvalue weighted by molar-refractivity contribution is 5.55. The van der Waals surface area contributed by atoms with Crippen LogP contribution in [0, 0.1) is 5.82 Å². The zero-order valence-corrected chi connectivity index (χ0v) is 11.9. The lowest BCUT2D eigenvalue weighted by Gasteiger charge is -2.35. The number of halogens is 1. The average molecular weight is 266 g/mol. The standard InChI is InChI=1S/C15H23FN2O/c1-11(17-2)14-9-12(16)6-7-15(14)18-8-4-5-13(10-18)19-3/h6-7,9,11,13,17H,4-5,8,10H2,1-3H3. The maximum absolute atomic E-state index is 13.5. The average Bonchev–Trinajstić information content (AvgIpc) is 2.46. The smallest absolute Gasteiger partial charge is 0.123 e. The second-order valence-corrected chi connectivity index (χ2v) is 5.16. The Morgan fingerprint density at radius 1 is 1.47 bits per heavy atom. The highest BCUT2D eigenvalue weighted by Gasteiger charge is 2.22. The fourth-order valence-corrected chi connectivity index (χ4v) is 2.67. The third kappa shape index (κ3) is 3.25. The number of rotatable bonds is 4. The monoisotopic (exact) mass is 266 g/mol. The molecule has 0 amide bonds.